The molecule has 11 heteroatoms. The van der Waals surface area contributed by atoms with Crippen LogP contribution >= 0.6 is 23.4 Å². The number of hydrogen-bond donors (Lipinski definition) is 0. The second-order valence-corrected chi connectivity index (χ2v) is 12.2. The molecule has 5 rings (SSSR count). The fourth-order valence-corrected chi connectivity index (χ4v) is 7.43. The van der Waals surface area contributed by atoms with Crippen LogP contribution in [-0.2, 0) is 24.2 Å². The Morgan fingerprint density at radius 3 is 2.39 bits per heavy atom. The van der Waals surface area contributed by atoms with Crippen LogP contribution in [0.25, 0.3) is 6.08 Å². The molecule has 0 spiro atoms. The van der Waals surface area contributed by atoms with Crippen molar-refractivity contribution in [1.82, 2.24) is 9.78 Å². The van der Waals surface area contributed by atoms with Crippen LogP contribution in [0.15, 0.2) is 64.4 Å². The van der Waals surface area contributed by atoms with E-state index in [0.717, 1.165) is 21.2 Å². The van der Waals surface area contributed by atoms with Crippen molar-refractivity contribution in [3.63, 3.8) is 0 Å². The molecule has 1 amide bonds. The zero-order valence-electron chi connectivity index (χ0n) is 19.3. The number of esters is 1. The summed E-state index contributed by atoms with van der Waals surface area (Å²) >= 11 is 8.03. The lowest BCUT2D eigenvalue weighted by Crippen LogP contribution is -2.32. The van der Waals surface area contributed by atoms with Gasteiger partial charge in [-0.1, -0.05) is 47.6 Å². The zero-order valence-corrected chi connectivity index (χ0v) is 21.6. The minimum Gasteiger partial charge on any atom is -0.452 e. The summed E-state index contributed by atoms with van der Waals surface area (Å²) < 4.78 is 30.4. The van der Waals surface area contributed by atoms with Crippen LogP contribution in [0.2, 0.25) is 5.15 Å². The molecule has 2 aliphatic rings. The highest BCUT2D eigenvalue weighted by atomic mass is 35.5. The highest BCUT2D eigenvalue weighted by Gasteiger charge is 2.32. The summed E-state index contributed by atoms with van der Waals surface area (Å²) in [5.74, 6) is -0.990. The molecule has 1 saturated heterocycles. The maximum Gasteiger partial charge on any atom is 0.331 e. The third-order valence-electron chi connectivity index (χ3n) is 6.03. The van der Waals surface area contributed by atoms with Gasteiger partial charge in [0, 0.05) is 21.4 Å². The summed E-state index contributed by atoms with van der Waals surface area (Å²) in [7, 11) is -3.10. The second kappa shape index (κ2) is 9.76. The van der Waals surface area contributed by atoms with Gasteiger partial charge < -0.3 is 4.74 Å². The average Bonchev–Trinajstić information content (AvgIpc) is 3.36. The number of rotatable bonds is 5. The minimum atomic E-state index is -3.10. The third-order valence-corrected chi connectivity index (χ3v) is 9.29. The van der Waals surface area contributed by atoms with E-state index in [0.29, 0.717) is 17.7 Å². The van der Waals surface area contributed by atoms with Crippen molar-refractivity contribution < 1.29 is 22.7 Å². The zero-order chi connectivity index (χ0) is 25.4. The minimum absolute atomic E-state index is 0.0115. The molecular formula is C25H22ClN3O5S2. The van der Waals surface area contributed by atoms with Crippen LogP contribution in [0, 0.1) is 6.92 Å². The number of aromatic nitrogens is 2. The van der Waals surface area contributed by atoms with Crippen molar-refractivity contribution in [2.75, 3.05) is 23.0 Å². The molecule has 3 aromatic rings. The van der Waals surface area contributed by atoms with Crippen LogP contribution < -0.4 is 4.90 Å². The van der Waals surface area contributed by atoms with Crippen LogP contribution in [0.5, 0.6) is 0 Å². The monoisotopic (exact) mass is 543 g/mol. The number of carbonyl (C=O) groups is 2. The summed E-state index contributed by atoms with van der Waals surface area (Å²) in [6.45, 7) is 1.28. The Balaban J connectivity index is 1.28. The van der Waals surface area contributed by atoms with Gasteiger partial charge in [0.05, 0.1) is 34.6 Å². The SMILES string of the molecule is Cc1nn(C2CCS(=O)(=O)C2)c(Cl)c1C=CC(=O)OCC(=O)N1c2ccccc2Sc2ccccc21. The van der Waals surface area contributed by atoms with E-state index < -0.39 is 22.4 Å². The van der Waals surface area contributed by atoms with E-state index >= 15 is 0 Å². The van der Waals surface area contributed by atoms with Gasteiger partial charge in [-0.3, -0.25) is 9.69 Å². The van der Waals surface area contributed by atoms with Crippen LogP contribution in [-0.4, -0.2) is 48.2 Å². The van der Waals surface area contributed by atoms with Crippen molar-refractivity contribution in [1.29, 1.82) is 0 Å². The number of benzene rings is 2. The van der Waals surface area contributed by atoms with Crippen molar-refractivity contribution >= 4 is 62.5 Å². The van der Waals surface area contributed by atoms with Gasteiger partial charge in [-0.25, -0.2) is 17.9 Å². The largest absolute Gasteiger partial charge is 0.452 e. The Morgan fingerprint density at radius 2 is 1.78 bits per heavy atom. The number of hydrogen-bond acceptors (Lipinski definition) is 7. The van der Waals surface area contributed by atoms with Gasteiger partial charge in [-0.2, -0.15) is 5.10 Å². The lowest BCUT2D eigenvalue weighted by Gasteiger charge is -2.30. The molecule has 0 saturated carbocycles. The maximum absolute atomic E-state index is 13.1. The Kier molecular flexibility index (Phi) is 6.67. The van der Waals surface area contributed by atoms with Gasteiger partial charge in [-0.05, 0) is 43.7 Å². The summed E-state index contributed by atoms with van der Waals surface area (Å²) in [5, 5.41) is 4.63. The maximum atomic E-state index is 13.1. The van der Waals surface area contributed by atoms with Crippen molar-refractivity contribution in [3.05, 3.63) is 71.0 Å². The molecule has 0 N–H and O–H groups in total. The van der Waals surface area contributed by atoms with Crippen LogP contribution in [0.3, 0.4) is 0 Å². The van der Waals surface area contributed by atoms with Crippen molar-refractivity contribution in [2.45, 2.75) is 29.2 Å². The first-order valence-electron chi connectivity index (χ1n) is 11.2. The van der Waals surface area contributed by atoms with E-state index in [-0.39, 0.29) is 28.6 Å². The Labute approximate surface area is 217 Å². The first-order valence-corrected chi connectivity index (χ1v) is 14.2. The topological polar surface area (TPSA) is 98.6 Å². The number of fused-ring (bicyclic) bond motifs is 2. The van der Waals surface area contributed by atoms with E-state index in [1.54, 1.807) is 23.6 Å². The number of amides is 1. The van der Waals surface area contributed by atoms with Gasteiger partial charge in [0.15, 0.2) is 16.4 Å². The molecule has 1 unspecified atom stereocenters. The molecule has 2 aromatic carbocycles. The molecule has 0 aliphatic carbocycles. The normalized spacial score (nSPS) is 18.2. The molecule has 2 aliphatic heterocycles. The van der Waals surface area contributed by atoms with E-state index in [2.05, 4.69) is 5.10 Å². The average molecular weight is 544 g/mol. The van der Waals surface area contributed by atoms with Gasteiger partial charge in [0.25, 0.3) is 5.91 Å². The van der Waals surface area contributed by atoms with Crippen LogP contribution in [0.4, 0.5) is 11.4 Å². The van der Waals surface area contributed by atoms with Gasteiger partial charge in [0.2, 0.25) is 0 Å². The fraction of sp³-hybridized carbons (Fsp3) is 0.240. The third kappa shape index (κ3) is 4.80. The summed E-state index contributed by atoms with van der Waals surface area (Å²) in [6.07, 6.45) is 3.10. The molecule has 36 heavy (non-hydrogen) atoms. The molecule has 1 aromatic heterocycles. The predicted octanol–water partition coefficient (Wildman–Crippen LogP) is 4.59. The molecule has 0 radical (unpaired) electrons. The number of halogens is 1. The van der Waals surface area contributed by atoms with Crippen molar-refractivity contribution in [3.8, 4) is 0 Å². The molecule has 8 nitrogen and oxygen atoms in total. The number of para-hydroxylation sites is 2. The Morgan fingerprint density at radius 1 is 1.14 bits per heavy atom. The van der Waals surface area contributed by atoms with E-state index in [1.165, 1.54) is 16.8 Å². The number of sulfone groups is 1. The first-order chi connectivity index (χ1) is 17.2. The first kappa shape index (κ1) is 24.6. The molecule has 1 fully saturated rings. The quantitative estimate of drug-likeness (QED) is 0.343. The number of carbonyl (C=O) groups excluding carboxylic acids is 2. The Bertz CT molecular complexity index is 1450. The lowest BCUT2D eigenvalue weighted by atomic mass is 10.2. The van der Waals surface area contributed by atoms with E-state index in [9.17, 15) is 18.0 Å². The molecule has 0 bridgehead atoms. The number of anilines is 2. The van der Waals surface area contributed by atoms with Gasteiger partial charge in [-0.15, -0.1) is 0 Å². The molecule has 1 atom stereocenters. The van der Waals surface area contributed by atoms with Gasteiger partial charge in [0.1, 0.15) is 5.15 Å². The number of aryl methyl sites for hydroxylation is 1. The summed E-state index contributed by atoms with van der Waals surface area (Å²) in [5.41, 5.74) is 2.53. The summed E-state index contributed by atoms with van der Waals surface area (Å²) in [6, 6.07) is 14.8. The molecule has 186 valence electrons. The summed E-state index contributed by atoms with van der Waals surface area (Å²) in [4.78, 5) is 29.0. The van der Waals surface area contributed by atoms with Crippen LogP contribution in [0.1, 0.15) is 23.7 Å². The standard InChI is InChI=1S/C25H22ClN3O5S2/c1-16-18(25(26)29(27-16)17-12-13-36(32,33)15-17)10-11-24(31)34-14-23(30)28-19-6-2-4-8-21(19)35-22-9-5-3-7-20(22)28/h2-11,17H,12-15H2,1H3. The smallest absolute Gasteiger partial charge is 0.331 e. The fourth-order valence-electron chi connectivity index (χ4n) is 4.30. The Hall–Kier alpha value is -3.08. The highest BCUT2D eigenvalue weighted by Crippen LogP contribution is 2.47. The van der Waals surface area contributed by atoms with Crippen molar-refractivity contribution in [2.24, 2.45) is 0 Å². The number of ether oxygens (including phenoxy) is 1. The van der Waals surface area contributed by atoms with E-state index in [1.807, 2.05) is 48.5 Å². The molecular weight excluding hydrogens is 522 g/mol. The predicted molar refractivity (Wildman–Crippen MR) is 138 cm³/mol. The number of nitrogens with zero attached hydrogens (tertiary/aromatic N) is 3. The lowest BCUT2D eigenvalue weighted by molar-refractivity contribution is -0.142. The molecule has 3 heterocycles. The highest BCUT2D eigenvalue weighted by molar-refractivity contribution is 7.99. The van der Waals surface area contributed by atoms with E-state index in [4.69, 9.17) is 16.3 Å². The van der Waals surface area contributed by atoms with Gasteiger partial charge >= 0.3 is 5.97 Å². The second-order valence-electron chi connectivity index (χ2n) is 8.50.